The number of hydrogen-bond acceptors (Lipinski definition) is 4. The molecule has 0 radical (unpaired) electrons. The van der Waals surface area contributed by atoms with E-state index in [1.807, 2.05) is 31.2 Å². The van der Waals surface area contributed by atoms with Crippen LogP contribution < -0.4 is 4.74 Å². The van der Waals surface area contributed by atoms with Crippen LogP contribution >= 0.6 is 0 Å². The zero-order chi connectivity index (χ0) is 11.5. The Balaban J connectivity index is 2.38. The van der Waals surface area contributed by atoms with E-state index in [2.05, 4.69) is 10.3 Å². The van der Waals surface area contributed by atoms with Gasteiger partial charge in [-0.3, -0.25) is 0 Å². The van der Waals surface area contributed by atoms with Crippen LogP contribution in [0.15, 0.2) is 24.3 Å². The molecule has 5 nitrogen and oxygen atoms in total. The van der Waals surface area contributed by atoms with Crippen molar-refractivity contribution in [3.8, 4) is 11.4 Å². The van der Waals surface area contributed by atoms with Gasteiger partial charge in [-0.25, -0.2) is 4.68 Å². The number of nitrogens with zero attached hydrogens (tertiary/aromatic N) is 3. The summed E-state index contributed by atoms with van der Waals surface area (Å²) >= 11 is 0. The van der Waals surface area contributed by atoms with E-state index in [0.29, 0.717) is 5.69 Å². The lowest BCUT2D eigenvalue weighted by molar-refractivity contribution is 0.276. The highest BCUT2D eigenvalue weighted by atomic mass is 16.5. The normalized spacial score (nSPS) is 10.4. The summed E-state index contributed by atoms with van der Waals surface area (Å²) in [5, 5.41) is 16.9. The Hall–Kier alpha value is -1.88. The molecule has 1 aromatic carbocycles. The lowest BCUT2D eigenvalue weighted by Gasteiger charge is -2.04. The smallest absolute Gasteiger partial charge is 0.119 e. The average molecular weight is 219 g/mol. The van der Waals surface area contributed by atoms with Gasteiger partial charge in [0.1, 0.15) is 11.4 Å². The summed E-state index contributed by atoms with van der Waals surface area (Å²) < 4.78 is 6.76. The van der Waals surface area contributed by atoms with Crippen molar-refractivity contribution in [3.05, 3.63) is 35.7 Å². The number of hydrogen-bond donors (Lipinski definition) is 1. The van der Waals surface area contributed by atoms with Gasteiger partial charge in [-0.2, -0.15) is 0 Å². The van der Waals surface area contributed by atoms with Crippen molar-refractivity contribution in [1.29, 1.82) is 0 Å². The largest absolute Gasteiger partial charge is 0.497 e. The number of ether oxygens (including phenoxy) is 1. The van der Waals surface area contributed by atoms with Gasteiger partial charge in [-0.15, -0.1) is 5.10 Å². The van der Waals surface area contributed by atoms with E-state index < -0.39 is 0 Å². The lowest BCUT2D eigenvalue weighted by atomic mass is 10.3. The summed E-state index contributed by atoms with van der Waals surface area (Å²) in [5.74, 6) is 0.795. The van der Waals surface area contributed by atoms with Gasteiger partial charge < -0.3 is 9.84 Å². The average Bonchev–Trinajstić information content (AvgIpc) is 2.70. The molecule has 0 saturated heterocycles. The third-order valence-corrected chi connectivity index (χ3v) is 2.46. The minimum Gasteiger partial charge on any atom is -0.497 e. The number of methoxy groups -OCH3 is 1. The molecular formula is C11H13N3O2. The van der Waals surface area contributed by atoms with Gasteiger partial charge >= 0.3 is 0 Å². The van der Waals surface area contributed by atoms with Crippen molar-refractivity contribution >= 4 is 0 Å². The van der Waals surface area contributed by atoms with E-state index in [-0.39, 0.29) is 6.61 Å². The van der Waals surface area contributed by atoms with Crippen LogP contribution in [-0.4, -0.2) is 27.2 Å². The SMILES string of the molecule is COc1ccc(-n2nnc(CO)c2C)cc1. The van der Waals surface area contributed by atoms with Crippen LogP contribution in [0.3, 0.4) is 0 Å². The predicted octanol–water partition coefficient (Wildman–Crippen LogP) is 1.08. The van der Waals surface area contributed by atoms with Gasteiger partial charge in [0.2, 0.25) is 0 Å². The molecule has 0 amide bonds. The highest BCUT2D eigenvalue weighted by Gasteiger charge is 2.08. The number of aliphatic hydroxyl groups is 1. The van der Waals surface area contributed by atoms with E-state index in [1.165, 1.54) is 0 Å². The first-order valence-electron chi connectivity index (χ1n) is 4.92. The maximum absolute atomic E-state index is 9.03. The van der Waals surface area contributed by atoms with Crippen LogP contribution in [-0.2, 0) is 6.61 Å². The molecule has 5 heteroatoms. The van der Waals surface area contributed by atoms with Crippen LogP contribution in [0.5, 0.6) is 5.75 Å². The van der Waals surface area contributed by atoms with Gasteiger partial charge in [0, 0.05) is 0 Å². The van der Waals surface area contributed by atoms with Crippen molar-refractivity contribution in [2.24, 2.45) is 0 Å². The fourth-order valence-electron chi connectivity index (χ4n) is 1.48. The molecule has 0 atom stereocenters. The number of aromatic nitrogens is 3. The molecule has 0 fully saturated rings. The summed E-state index contributed by atoms with van der Waals surface area (Å²) in [4.78, 5) is 0. The molecule has 2 rings (SSSR count). The van der Waals surface area contributed by atoms with Crippen molar-refractivity contribution in [3.63, 3.8) is 0 Å². The molecule has 0 spiro atoms. The number of rotatable bonds is 3. The molecule has 84 valence electrons. The topological polar surface area (TPSA) is 60.2 Å². The fraction of sp³-hybridized carbons (Fsp3) is 0.273. The summed E-state index contributed by atoms with van der Waals surface area (Å²) in [5.41, 5.74) is 2.33. The highest BCUT2D eigenvalue weighted by molar-refractivity contribution is 5.38. The van der Waals surface area contributed by atoms with Gasteiger partial charge in [-0.1, -0.05) is 5.21 Å². The Morgan fingerprint density at radius 2 is 2.00 bits per heavy atom. The third-order valence-electron chi connectivity index (χ3n) is 2.46. The van der Waals surface area contributed by atoms with Crippen LogP contribution in [0.4, 0.5) is 0 Å². The molecule has 0 unspecified atom stereocenters. The Bertz CT molecular complexity index is 476. The van der Waals surface area contributed by atoms with E-state index in [0.717, 1.165) is 17.1 Å². The third kappa shape index (κ3) is 1.77. The fourth-order valence-corrected chi connectivity index (χ4v) is 1.48. The highest BCUT2D eigenvalue weighted by Crippen LogP contribution is 2.16. The Morgan fingerprint density at radius 1 is 1.31 bits per heavy atom. The van der Waals surface area contributed by atoms with Crippen molar-refractivity contribution in [2.75, 3.05) is 7.11 Å². The Kier molecular flexibility index (Phi) is 2.87. The van der Waals surface area contributed by atoms with Gasteiger partial charge in [0.05, 0.1) is 25.1 Å². The summed E-state index contributed by atoms with van der Waals surface area (Å²) in [7, 11) is 1.62. The van der Waals surface area contributed by atoms with Crippen LogP contribution in [0.2, 0.25) is 0 Å². The minimum absolute atomic E-state index is 0.0952. The van der Waals surface area contributed by atoms with E-state index in [4.69, 9.17) is 9.84 Å². The molecule has 2 aromatic rings. The molecular weight excluding hydrogens is 206 g/mol. The summed E-state index contributed by atoms with van der Waals surface area (Å²) in [6.45, 7) is 1.78. The zero-order valence-corrected chi connectivity index (χ0v) is 9.21. The molecule has 0 aliphatic heterocycles. The monoisotopic (exact) mass is 219 g/mol. The van der Waals surface area contributed by atoms with Gasteiger partial charge in [-0.05, 0) is 31.2 Å². The van der Waals surface area contributed by atoms with Crippen molar-refractivity contribution < 1.29 is 9.84 Å². The maximum atomic E-state index is 9.03. The summed E-state index contributed by atoms with van der Waals surface area (Å²) in [6.07, 6.45) is 0. The first kappa shape index (κ1) is 10.6. The second kappa shape index (κ2) is 4.32. The Labute approximate surface area is 93.3 Å². The predicted molar refractivity (Wildman–Crippen MR) is 58.6 cm³/mol. The first-order valence-corrected chi connectivity index (χ1v) is 4.92. The molecule has 1 heterocycles. The second-order valence-corrected chi connectivity index (χ2v) is 3.39. The first-order chi connectivity index (χ1) is 7.76. The summed E-state index contributed by atoms with van der Waals surface area (Å²) in [6, 6.07) is 7.49. The molecule has 1 N–H and O–H groups in total. The molecule has 16 heavy (non-hydrogen) atoms. The quantitative estimate of drug-likeness (QED) is 0.839. The number of aliphatic hydroxyl groups excluding tert-OH is 1. The molecule has 0 aliphatic rings. The van der Waals surface area contributed by atoms with Crippen LogP contribution in [0, 0.1) is 6.92 Å². The molecule has 0 aliphatic carbocycles. The van der Waals surface area contributed by atoms with Gasteiger partial charge in [0.25, 0.3) is 0 Å². The van der Waals surface area contributed by atoms with E-state index in [9.17, 15) is 0 Å². The van der Waals surface area contributed by atoms with Crippen molar-refractivity contribution in [2.45, 2.75) is 13.5 Å². The van der Waals surface area contributed by atoms with Crippen LogP contribution in [0.1, 0.15) is 11.4 Å². The van der Waals surface area contributed by atoms with Gasteiger partial charge in [0.15, 0.2) is 0 Å². The molecule has 1 aromatic heterocycles. The molecule has 0 saturated carbocycles. The molecule has 0 bridgehead atoms. The number of benzene rings is 1. The minimum atomic E-state index is -0.0952. The maximum Gasteiger partial charge on any atom is 0.119 e. The van der Waals surface area contributed by atoms with Crippen LogP contribution in [0.25, 0.3) is 5.69 Å². The standard InChI is InChI=1S/C11H13N3O2/c1-8-11(7-15)12-13-14(8)9-3-5-10(16-2)6-4-9/h3-6,15H,7H2,1-2H3. The second-order valence-electron chi connectivity index (χ2n) is 3.39. The van der Waals surface area contributed by atoms with E-state index in [1.54, 1.807) is 11.8 Å². The van der Waals surface area contributed by atoms with E-state index >= 15 is 0 Å². The Morgan fingerprint density at radius 3 is 2.50 bits per heavy atom. The zero-order valence-electron chi connectivity index (χ0n) is 9.21. The van der Waals surface area contributed by atoms with Crippen molar-refractivity contribution in [1.82, 2.24) is 15.0 Å². The lowest BCUT2D eigenvalue weighted by Crippen LogP contribution is -1.99.